The number of nitrogens with zero attached hydrogens (tertiary/aromatic N) is 3. The molecule has 1 aliphatic rings. The molecule has 1 aromatic heterocycles. The van der Waals surface area contributed by atoms with Crippen molar-refractivity contribution >= 4 is 22.6 Å². The second kappa shape index (κ2) is 7.03. The fraction of sp³-hybridized carbons (Fsp3) is 0.200. The Labute approximate surface area is 155 Å². The minimum Gasteiger partial charge on any atom is -0.335 e. The number of aromatic amines is 1. The van der Waals surface area contributed by atoms with Gasteiger partial charge in [0.2, 0.25) is 0 Å². The van der Waals surface area contributed by atoms with Crippen LogP contribution >= 0.6 is 0 Å². The number of piperazine rings is 1. The number of rotatable bonds is 2. The molecule has 0 aliphatic carbocycles. The van der Waals surface area contributed by atoms with Crippen molar-refractivity contribution in [2.24, 2.45) is 0 Å². The van der Waals surface area contributed by atoms with Crippen LogP contribution in [0.15, 0.2) is 59.4 Å². The van der Waals surface area contributed by atoms with E-state index in [4.69, 9.17) is 0 Å². The maximum atomic E-state index is 12.9. The lowest BCUT2D eigenvalue weighted by Crippen LogP contribution is -2.50. The largest absolute Gasteiger partial charge is 0.335 e. The summed E-state index contributed by atoms with van der Waals surface area (Å²) in [6.07, 6.45) is 0. The van der Waals surface area contributed by atoms with E-state index in [1.54, 1.807) is 46.2 Å². The number of nitrogens with one attached hydrogen (secondary N) is 1. The Morgan fingerprint density at radius 2 is 1.33 bits per heavy atom. The molecule has 2 heterocycles. The third kappa shape index (κ3) is 3.19. The van der Waals surface area contributed by atoms with Gasteiger partial charge < -0.3 is 9.80 Å². The lowest BCUT2D eigenvalue weighted by atomic mass is 10.1. The molecule has 0 unspecified atom stereocenters. The van der Waals surface area contributed by atoms with Crippen LogP contribution in [0.2, 0.25) is 0 Å². The van der Waals surface area contributed by atoms with Gasteiger partial charge >= 0.3 is 0 Å². The van der Waals surface area contributed by atoms with Crippen molar-refractivity contribution in [2.45, 2.75) is 0 Å². The van der Waals surface area contributed by atoms with E-state index in [0.29, 0.717) is 42.5 Å². The number of H-pyrrole nitrogens is 1. The molecule has 1 saturated heterocycles. The smallest absolute Gasteiger partial charge is 0.275 e. The number of fused-ring (bicyclic) bond motifs is 1. The van der Waals surface area contributed by atoms with Gasteiger partial charge in [-0.15, -0.1) is 0 Å². The molecule has 1 N–H and O–H groups in total. The summed E-state index contributed by atoms with van der Waals surface area (Å²) in [5, 5.41) is 7.34. The van der Waals surface area contributed by atoms with Crippen LogP contribution in [0, 0.1) is 0 Å². The summed E-state index contributed by atoms with van der Waals surface area (Å²) >= 11 is 0. The average molecular weight is 362 g/mol. The van der Waals surface area contributed by atoms with E-state index in [1.165, 1.54) is 0 Å². The highest BCUT2D eigenvalue weighted by Crippen LogP contribution is 2.16. The summed E-state index contributed by atoms with van der Waals surface area (Å²) in [5.74, 6) is -0.274. The highest BCUT2D eigenvalue weighted by atomic mass is 16.2. The van der Waals surface area contributed by atoms with E-state index in [2.05, 4.69) is 10.2 Å². The van der Waals surface area contributed by atoms with E-state index in [9.17, 15) is 14.4 Å². The Bertz CT molecular complexity index is 1050. The van der Waals surface area contributed by atoms with E-state index in [0.717, 1.165) is 0 Å². The predicted octanol–water partition coefficient (Wildman–Crippen LogP) is 1.52. The van der Waals surface area contributed by atoms with E-state index in [1.807, 2.05) is 18.2 Å². The molecule has 0 spiro atoms. The molecule has 0 saturated carbocycles. The number of hydrogen-bond acceptors (Lipinski definition) is 4. The molecule has 7 nitrogen and oxygen atoms in total. The zero-order valence-electron chi connectivity index (χ0n) is 14.6. The molecule has 1 fully saturated rings. The Balaban J connectivity index is 1.51. The van der Waals surface area contributed by atoms with Crippen molar-refractivity contribution in [3.8, 4) is 0 Å². The Kier molecular flexibility index (Phi) is 4.42. The van der Waals surface area contributed by atoms with Crippen molar-refractivity contribution in [1.29, 1.82) is 0 Å². The third-order valence-electron chi connectivity index (χ3n) is 4.77. The Hall–Kier alpha value is -3.48. The molecule has 0 bridgehead atoms. The highest BCUT2D eigenvalue weighted by Gasteiger charge is 2.27. The maximum Gasteiger partial charge on any atom is 0.275 e. The van der Waals surface area contributed by atoms with Crippen LogP contribution < -0.4 is 5.56 Å². The standard InChI is InChI=1S/C20H18N4O3/c25-18-16-9-5-4-8-15(16)17(21-22-18)20(27)24-12-10-23(11-13-24)19(26)14-6-2-1-3-7-14/h1-9H,10-13H2,(H,22,25). The van der Waals surface area contributed by atoms with Gasteiger partial charge in [0.25, 0.3) is 17.4 Å². The van der Waals surface area contributed by atoms with E-state index in [-0.39, 0.29) is 23.1 Å². The van der Waals surface area contributed by atoms with Crippen LogP contribution in [0.1, 0.15) is 20.8 Å². The monoisotopic (exact) mass is 362 g/mol. The van der Waals surface area contributed by atoms with Gasteiger partial charge in [0.15, 0.2) is 5.69 Å². The van der Waals surface area contributed by atoms with Gasteiger partial charge in [-0.3, -0.25) is 14.4 Å². The molecule has 4 rings (SSSR count). The fourth-order valence-electron chi connectivity index (χ4n) is 3.30. The first-order valence-corrected chi connectivity index (χ1v) is 8.76. The zero-order valence-corrected chi connectivity index (χ0v) is 14.6. The molecular weight excluding hydrogens is 344 g/mol. The van der Waals surface area contributed by atoms with Crippen molar-refractivity contribution in [3.63, 3.8) is 0 Å². The van der Waals surface area contributed by atoms with Gasteiger partial charge in [-0.1, -0.05) is 36.4 Å². The number of aromatic nitrogens is 2. The number of carbonyl (C=O) groups excluding carboxylic acids is 2. The summed E-state index contributed by atoms with van der Waals surface area (Å²) < 4.78 is 0. The van der Waals surface area contributed by atoms with Gasteiger partial charge in [0.1, 0.15) is 0 Å². The Morgan fingerprint density at radius 3 is 2.00 bits per heavy atom. The van der Waals surface area contributed by atoms with Crippen LogP contribution in [0.5, 0.6) is 0 Å². The molecule has 2 aromatic carbocycles. The molecule has 3 aromatic rings. The Morgan fingerprint density at radius 1 is 0.778 bits per heavy atom. The number of amides is 2. The topological polar surface area (TPSA) is 86.4 Å². The van der Waals surface area contributed by atoms with E-state index >= 15 is 0 Å². The number of carbonyl (C=O) groups is 2. The van der Waals surface area contributed by atoms with Gasteiger partial charge in [-0.2, -0.15) is 5.10 Å². The first-order chi connectivity index (χ1) is 13.1. The number of benzene rings is 2. The average Bonchev–Trinajstić information content (AvgIpc) is 2.74. The first-order valence-electron chi connectivity index (χ1n) is 8.76. The lowest BCUT2D eigenvalue weighted by molar-refractivity contribution is 0.0533. The summed E-state index contributed by atoms with van der Waals surface area (Å²) in [6, 6.07) is 16.0. The minimum atomic E-state index is -0.319. The molecule has 0 radical (unpaired) electrons. The molecule has 7 heteroatoms. The zero-order chi connectivity index (χ0) is 18.8. The molecule has 136 valence electrons. The van der Waals surface area contributed by atoms with Gasteiger partial charge in [-0.05, 0) is 18.2 Å². The van der Waals surface area contributed by atoms with Crippen LogP contribution in [-0.4, -0.2) is 58.0 Å². The van der Waals surface area contributed by atoms with Gasteiger partial charge in [0.05, 0.1) is 5.39 Å². The quantitative estimate of drug-likeness (QED) is 0.749. The molecule has 2 amide bonds. The summed E-state index contributed by atoms with van der Waals surface area (Å²) in [5.41, 5.74) is 0.555. The first kappa shape index (κ1) is 17.0. The van der Waals surface area contributed by atoms with Crippen LogP contribution in [0.25, 0.3) is 10.8 Å². The molecule has 27 heavy (non-hydrogen) atoms. The second-order valence-corrected chi connectivity index (χ2v) is 6.40. The minimum absolute atomic E-state index is 0.0321. The lowest BCUT2D eigenvalue weighted by Gasteiger charge is -2.34. The van der Waals surface area contributed by atoms with Crippen molar-refractivity contribution < 1.29 is 9.59 Å². The molecule has 1 aliphatic heterocycles. The summed E-state index contributed by atoms with van der Waals surface area (Å²) in [4.78, 5) is 40.7. The van der Waals surface area contributed by atoms with Crippen molar-refractivity contribution in [1.82, 2.24) is 20.0 Å². The maximum absolute atomic E-state index is 12.9. The van der Waals surface area contributed by atoms with Gasteiger partial charge in [-0.25, -0.2) is 5.10 Å². The van der Waals surface area contributed by atoms with Crippen molar-refractivity contribution in [2.75, 3.05) is 26.2 Å². The number of hydrogen-bond donors (Lipinski definition) is 1. The van der Waals surface area contributed by atoms with Crippen LogP contribution in [0.4, 0.5) is 0 Å². The fourth-order valence-corrected chi connectivity index (χ4v) is 3.30. The third-order valence-corrected chi connectivity index (χ3v) is 4.77. The van der Waals surface area contributed by atoms with E-state index < -0.39 is 0 Å². The van der Waals surface area contributed by atoms with Crippen LogP contribution in [-0.2, 0) is 0 Å². The second-order valence-electron chi connectivity index (χ2n) is 6.40. The van der Waals surface area contributed by atoms with Gasteiger partial charge in [0, 0.05) is 37.1 Å². The van der Waals surface area contributed by atoms with Crippen molar-refractivity contribution in [3.05, 3.63) is 76.2 Å². The SMILES string of the molecule is O=C(c1ccccc1)N1CCN(C(=O)c2n[nH]c(=O)c3ccccc23)CC1. The molecule has 0 atom stereocenters. The highest BCUT2D eigenvalue weighted by molar-refractivity contribution is 6.04. The summed E-state index contributed by atoms with van der Waals surface area (Å²) in [6.45, 7) is 1.76. The predicted molar refractivity (Wildman–Crippen MR) is 101 cm³/mol. The van der Waals surface area contributed by atoms with Crippen LogP contribution in [0.3, 0.4) is 0 Å². The summed E-state index contributed by atoms with van der Waals surface area (Å²) in [7, 11) is 0. The normalized spacial score (nSPS) is 14.4. The molecular formula is C20H18N4O3.